The number of thiazole rings is 1. The molecule has 2 aromatic rings. The molecule has 0 aliphatic heterocycles. The quantitative estimate of drug-likeness (QED) is 0.677. The smallest absolute Gasteiger partial charge is 0.312 e. The molecule has 3 rings (SSSR count). The summed E-state index contributed by atoms with van der Waals surface area (Å²) in [6.07, 6.45) is 1.10. The SMILES string of the molecule is COC(=O)Cc1nc2c(s1)Cc1cc(Cl)ccc1-2. The highest BCUT2D eigenvalue weighted by Gasteiger charge is 2.24. The maximum atomic E-state index is 11.2. The fourth-order valence-corrected chi connectivity index (χ4v) is 3.40. The van der Waals surface area contributed by atoms with Gasteiger partial charge in [0, 0.05) is 21.9 Å². The van der Waals surface area contributed by atoms with E-state index in [1.165, 1.54) is 17.6 Å². The zero-order valence-electron chi connectivity index (χ0n) is 9.70. The lowest BCUT2D eigenvalue weighted by molar-refractivity contribution is -0.139. The molecule has 0 amide bonds. The topological polar surface area (TPSA) is 39.2 Å². The molecule has 92 valence electrons. The second-order valence-corrected chi connectivity index (χ2v) is 5.72. The van der Waals surface area contributed by atoms with E-state index in [0.29, 0.717) is 0 Å². The summed E-state index contributed by atoms with van der Waals surface area (Å²) in [5, 5.41) is 1.56. The average Bonchev–Trinajstić information content (AvgIpc) is 2.84. The molecule has 1 heterocycles. The van der Waals surface area contributed by atoms with Crippen molar-refractivity contribution in [2.45, 2.75) is 12.8 Å². The first-order valence-corrected chi connectivity index (χ1v) is 6.71. The number of ether oxygens (including phenoxy) is 1. The summed E-state index contributed by atoms with van der Waals surface area (Å²) in [6, 6.07) is 5.84. The largest absolute Gasteiger partial charge is 0.469 e. The minimum Gasteiger partial charge on any atom is -0.469 e. The van der Waals surface area contributed by atoms with Crippen LogP contribution in [0.1, 0.15) is 15.4 Å². The predicted octanol–water partition coefficient (Wildman–Crippen LogP) is 3.08. The first kappa shape index (κ1) is 11.7. The molecule has 3 nitrogen and oxygen atoms in total. The third-order valence-corrected chi connectivity index (χ3v) is 4.23. The minimum atomic E-state index is -0.251. The van der Waals surface area contributed by atoms with Crippen molar-refractivity contribution in [2.75, 3.05) is 7.11 Å². The van der Waals surface area contributed by atoms with Crippen LogP contribution in [0.25, 0.3) is 11.3 Å². The number of carbonyl (C=O) groups excluding carboxylic acids is 1. The summed E-state index contributed by atoms with van der Waals surface area (Å²) in [7, 11) is 1.39. The average molecular weight is 280 g/mol. The number of hydrogen-bond acceptors (Lipinski definition) is 4. The van der Waals surface area contributed by atoms with Crippen LogP contribution in [0, 0.1) is 0 Å². The number of methoxy groups -OCH3 is 1. The highest BCUT2D eigenvalue weighted by Crippen LogP contribution is 2.40. The van der Waals surface area contributed by atoms with Crippen molar-refractivity contribution in [2.24, 2.45) is 0 Å². The molecule has 0 saturated heterocycles. The van der Waals surface area contributed by atoms with Crippen molar-refractivity contribution >= 4 is 28.9 Å². The Labute approximate surface area is 113 Å². The van der Waals surface area contributed by atoms with Gasteiger partial charge in [0.25, 0.3) is 0 Å². The summed E-state index contributed by atoms with van der Waals surface area (Å²) in [4.78, 5) is 16.9. The molecule has 0 N–H and O–H groups in total. The Balaban J connectivity index is 1.95. The Morgan fingerprint density at radius 1 is 1.56 bits per heavy atom. The molecule has 0 bridgehead atoms. The van der Waals surface area contributed by atoms with Gasteiger partial charge in [0.15, 0.2) is 0 Å². The van der Waals surface area contributed by atoms with Gasteiger partial charge in [-0.05, 0) is 17.7 Å². The van der Waals surface area contributed by atoms with E-state index >= 15 is 0 Å². The van der Waals surface area contributed by atoms with E-state index in [-0.39, 0.29) is 12.4 Å². The molecule has 18 heavy (non-hydrogen) atoms. The van der Waals surface area contributed by atoms with Crippen LogP contribution in [-0.4, -0.2) is 18.1 Å². The van der Waals surface area contributed by atoms with Gasteiger partial charge in [-0.25, -0.2) is 4.98 Å². The highest BCUT2D eigenvalue weighted by molar-refractivity contribution is 7.12. The van der Waals surface area contributed by atoms with E-state index in [1.807, 2.05) is 18.2 Å². The van der Waals surface area contributed by atoms with Crippen LogP contribution in [0.2, 0.25) is 5.02 Å². The van der Waals surface area contributed by atoms with E-state index in [0.717, 1.165) is 27.7 Å². The van der Waals surface area contributed by atoms with E-state index in [4.69, 9.17) is 11.6 Å². The molecular weight excluding hydrogens is 270 g/mol. The lowest BCUT2D eigenvalue weighted by Gasteiger charge is -1.99. The van der Waals surface area contributed by atoms with Crippen LogP contribution in [-0.2, 0) is 22.4 Å². The van der Waals surface area contributed by atoms with Crippen molar-refractivity contribution < 1.29 is 9.53 Å². The second-order valence-electron chi connectivity index (χ2n) is 4.11. The number of esters is 1. The molecule has 1 aliphatic rings. The van der Waals surface area contributed by atoms with Gasteiger partial charge >= 0.3 is 5.97 Å². The van der Waals surface area contributed by atoms with Crippen molar-refractivity contribution in [1.82, 2.24) is 4.98 Å². The number of benzene rings is 1. The van der Waals surface area contributed by atoms with Crippen molar-refractivity contribution in [3.05, 3.63) is 38.7 Å². The number of carbonyl (C=O) groups is 1. The lowest BCUT2D eigenvalue weighted by Crippen LogP contribution is -2.03. The zero-order valence-corrected chi connectivity index (χ0v) is 11.3. The Bertz CT molecular complexity index is 636. The fraction of sp³-hybridized carbons (Fsp3) is 0.231. The molecule has 0 spiro atoms. The monoisotopic (exact) mass is 279 g/mol. The Kier molecular flexibility index (Phi) is 2.84. The number of nitrogens with zero attached hydrogens (tertiary/aromatic N) is 1. The summed E-state index contributed by atoms with van der Waals surface area (Å²) in [5.74, 6) is -0.251. The lowest BCUT2D eigenvalue weighted by atomic mass is 10.1. The molecule has 0 radical (unpaired) electrons. The molecule has 1 aromatic carbocycles. The second kappa shape index (κ2) is 4.37. The molecule has 1 aromatic heterocycles. The fourth-order valence-electron chi connectivity index (χ4n) is 2.11. The zero-order chi connectivity index (χ0) is 12.7. The van der Waals surface area contributed by atoms with Gasteiger partial charge in [-0.2, -0.15) is 0 Å². The molecule has 1 aliphatic carbocycles. The highest BCUT2D eigenvalue weighted by atomic mass is 35.5. The number of hydrogen-bond donors (Lipinski definition) is 0. The van der Waals surface area contributed by atoms with Crippen molar-refractivity contribution in [3.63, 3.8) is 0 Å². The van der Waals surface area contributed by atoms with Gasteiger partial charge < -0.3 is 4.74 Å². The third kappa shape index (κ3) is 1.91. The van der Waals surface area contributed by atoms with Gasteiger partial charge in [0.05, 0.1) is 19.2 Å². The number of fused-ring (bicyclic) bond motifs is 3. The van der Waals surface area contributed by atoms with Crippen LogP contribution in [0.15, 0.2) is 18.2 Å². The van der Waals surface area contributed by atoms with Crippen LogP contribution >= 0.6 is 22.9 Å². The summed E-state index contributed by atoms with van der Waals surface area (Å²) >= 11 is 7.55. The minimum absolute atomic E-state index is 0.247. The first-order valence-electron chi connectivity index (χ1n) is 5.51. The van der Waals surface area contributed by atoms with E-state index < -0.39 is 0 Å². The molecule has 0 fully saturated rings. The number of aromatic nitrogens is 1. The normalized spacial score (nSPS) is 12.1. The van der Waals surface area contributed by atoms with Crippen molar-refractivity contribution in [3.8, 4) is 11.3 Å². The molecule has 0 unspecified atom stereocenters. The van der Waals surface area contributed by atoms with Gasteiger partial charge in [0.2, 0.25) is 0 Å². The summed E-state index contributed by atoms with van der Waals surface area (Å²) < 4.78 is 4.65. The van der Waals surface area contributed by atoms with Crippen molar-refractivity contribution in [1.29, 1.82) is 0 Å². The predicted molar refractivity (Wildman–Crippen MR) is 71.1 cm³/mol. The molecule has 0 saturated carbocycles. The van der Waals surface area contributed by atoms with E-state index in [2.05, 4.69) is 9.72 Å². The summed E-state index contributed by atoms with van der Waals surface area (Å²) in [5.41, 5.74) is 3.33. The van der Waals surface area contributed by atoms with Gasteiger partial charge in [-0.3, -0.25) is 4.79 Å². The van der Waals surface area contributed by atoms with Crippen LogP contribution < -0.4 is 0 Å². The standard InChI is InChI=1S/C13H10ClNO2S/c1-17-12(16)6-11-15-13-9-3-2-8(14)4-7(9)5-10(13)18-11/h2-4H,5-6H2,1H3. The van der Waals surface area contributed by atoms with Crippen LogP contribution in [0.3, 0.4) is 0 Å². The Hall–Kier alpha value is -1.39. The number of halogens is 1. The Morgan fingerprint density at radius 3 is 3.17 bits per heavy atom. The maximum absolute atomic E-state index is 11.2. The molecule has 0 atom stereocenters. The van der Waals surface area contributed by atoms with Gasteiger partial charge in [-0.15, -0.1) is 11.3 Å². The molecule has 5 heteroatoms. The van der Waals surface area contributed by atoms with Crippen LogP contribution in [0.5, 0.6) is 0 Å². The first-order chi connectivity index (χ1) is 8.67. The van der Waals surface area contributed by atoms with E-state index in [9.17, 15) is 4.79 Å². The summed E-state index contributed by atoms with van der Waals surface area (Å²) in [6.45, 7) is 0. The van der Waals surface area contributed by atoms with Crippen LogP contribution in [0.4, 0.5) is 0 Å². The Morgan fingerprint density at radius 2 is 2.39 bits per heavy atom. The molecular formula is C13H10ClNO2S. The number of rotatable bonds is 2. The van der Waals surface area contributed by atoms with Gasteiger partial charge in [0.1, 0.15) is 5.01 Å². The maximum Gasteiger partial charge on any atom is 0.312 e. The van der Waals surface area contributed by atoms with E-state index in [1.54, 1.807) is 11.3 Å². The van der Waals surface area contributed by atoms with Gasteiger partial charge in [-0.1, -0.05) is 17.7 Å². The third-order valence-electron chi connectivity index (χ3n) is 2.94.